The molecular formula is C13H15F4NO. The van der Waals surface area contributed by atoms with E-state index in [1.54, 1.807) is 0 Å². The molecule has 2 rings (SSSR count). The molecule has 6 heteroatoms. The second-order valence-corrected chi connectivity index (χ2v) is 4.82. The third-order valence-corrected chi connectivity index (χ3v) is 3.23. The van der Waals surface area contributed by atoms with Gasteiger partial charge in [0.25, 0.3) is 0 Å². The molecule has 0 spiro atoms. The van der Waals surface area contributed by atoms with Crippen molar-refractivity contribution in [3.8, 4) is 0 Å². The lowest BCUT2D eigenvalue weighted by molar-refractivity contribution is -0.140. The standard InChI is InChI=1S/C13H15F4NO/c14-11-4-3-9(5-10(11)13(15,16)17)12(7-19)18-6-8-1-2-8/h3-5,8,12,18-19H,1-2,6-7H2. The van der Waals surface area contributed by atoms with Crippen LogP contribution >= 0.6 is 0 Å². The molecule has 0 saturated heterocycles. The first kappa shape index (κ1) is 14.3. The number of alkyl halides is 3. The van der Waals surface area contributed by atoms with Crippen LogP contribution in [0.5, 0.6) is 0 Å². The molecule has 1 aromatic rings. The Bertz CT molecular complexity index is 443. The maximum Gasteiger partial charge on any atom is 0.419 e. The van der Waals surface area contributed by atoms with Crippen molar-refractivity contribution < 1.29 is 22.7 Å². The lowest BCUT2D eigenvalue weighted by atomic mass is 10.0. The van der Waals surface area contributed by atoms with Crippen LogP contribution in [0.3, 0.4) is 0 Å². The zero-order chi connectivity index (χ0) is 14.0. The summed E-state index contributed by atoms with van der Waals surface area (Å²) in [6.07, 6.45) is -2.53. The molecule has 1 aliphatic carbocycles. The number of halogens is 4. The van der Waals surface area contributed by atoms with E-state index in [9.17, 15) is 22.7 Å². The topological polar surface area (TPSA) is 32.3 Å². The summed E-state index contributed by atoms with van der Waals surface area (Å²) < 4.78 is 50.9. The quantitative estimate of drug-likeness (QED) is 0.811. The highest BCUT2D eigenvalue weighted by Crippen LogP contribution is 2.33. The van der Waals surface area contributed by atoms with Gasteiger partial charge in [0.15, 0.2) is 0 Å². The van der Waals surface area contributed by atoms with Gasteiger partial charge in [-0.1, -0.05) is 6.07 Å². The summed E-state index contributed by atoms with van der Waals surface area (Å²) >= 11 is 0. The van der Waals surface area contributed by atoms with Gasteiger partial charge in [-0.2, -0.15) is 13.2 Å². The van der Waals surface area contributed by atoms with Crippen LogP contribution in [0.2, 0.25) is 0 Å². The molecule has 1 unspecified atom stereocenters. The number of hydrogen-bond acceptors (Lipinski definition) is 2. The largest absolute Gasteiger partial charge is 0.419 e. The van der Waals surface area contributed by atoms with E-state index in [-0.39, 0.29) is 12.2 Å². The molecule has 0 bridgehead atoms. The minimum Gasteiger partial charge on any atom is -0.394 e. The maximum atomic E-state index is 13.2. The van der Waals surface area contributed by atoms with Crippen LogP contribution in [0, 0.1) is 11.7 Å². The van der Waals surface area contributed by atoms with Gasteiger partial charge in [-0.3, -0.25) is 0 Å². The van der Waals surface area contributed by atoms with Gasteiger partial charge in [0.2, 0.25) is 0 Å². The number of aliphatic hydroxyl groups excluding tert-OH is 1. The van der Waals surface area contributed by atoms with E-state index in [0.29, 0.717) is 12.5 Å². The summed E-state index contributed by atoms with van der Waals surface area (Å²) in [7, 11) is 0. The van der Waals surface area contributed by atoms with E-state index in [2.05, 4.69) is 5.32 Å². The highest BCUT2D eigenvalue weighted by molar-refractivity contribution is 5.29. The first-order valence-corrected chi connectivity index (χ1v) is 6.12. The van der Waals surface area contributed by atoms with Crippen molar-refractivity contribution in [3.05, 3.63) is 35.1 Å². The number of nitrogens with one attached hydrogen (secondary N) is 1. The van der Waals surface area contributed by atoms with E-state index in [4.69, 9.17) is 0 Å². The first-order valence-electron chi connectivity index (χ1n) is 6.12. The van der Waals surface area contributed by atoms with E-state index in [1.165, 1.54) is 6.07 Å². The van der Waals surface area contributed by atoms with Gasteiger partial charge in [-0.25, -0.2) is 4.39 Å². The summed E-state index contributed by atoms with van der Waals surface area (Å²) in [5.74, 6) is -0.758. The van der Waals surface area contributed by atoms with Crippen LogP contribution in [0.1, 0.15) is 30.0 Å². The molecule has 1 saturated carbocycles. The van der Waals surface area contributed by atoms with E-state index >= 15 is 0 Å². The van der Waals surface area contributed by atoms with E-state index in [1.807, 2.05) is 0 Å². The Balaban J connectivity index is 2.17. The highest BCUT2D eigenvalue weighted by Gasteiger charge is 2.34. The second-order valence-electron chi connectivity index (χ2n) is 4.82. The fourth-order valence-corrected chi connectivity index (χ4v) is 1.90. The first-order chi connectivity index (χ1) is 8.91. The van der Waals surface area contributed by atoms with Crippen molar-refractivity contribution in [2.75, 3.05) is 13.2 Å². The van der Waals surface area contributed by atoms with Crippen molar-refractivity contribution in [1.82, 2.24) is 5.32 Å². The normalized spacial score (nSPS) is 17.5. The van der Waals surface area contributed by atoms with E-state index in [0.717, 1.165) is 25.0 Å². The van der Waals surface area contributed by atoms with Crippen LogP contribution in [0.4, 0.5) is 17.6 Å². The monoisotopic (exact) mass is 277 g/mol. The molecule has 106 valence electrons. The molecule has 1 fully saturated rings. The van der Waals surface area contributed by atoms with Gasteiger partial charge in [0.05, 0.1) is 18.2 Å². The maximum absolute atomic E-state index is 13.2. The van der Waals surface area contributed by atoms with Crippen LogP contribution in [0.15, 0.2) is 18.2 Å². The van der Waals surface area contributed by atoms with Gasteiger partial charge in [0, 0.05) is 0 Å². The molecule has 19 heavy (non-hydrogen) atoms. The Morgan fingerprint density at radius 3 is 2.53 bits per heavy atom. The van der Waals surface area contributed by atoms with Gasteiger partial charge >= 0.3 is 6.18 Å². The predicted octanol–water partition coefficient (Wildman–Crippen LogP) is 2.88. The average molecular weight is 277 g/mol. The van der Waals surface area contributed by atoms with Crippen LogP contribution in [0.25, 0.3) is 0 Å². The van der Waals surface area contributed by atoms with Gasteiger partial charge < -0.3 is 10.4 Å². The fourth-order valence-electron chi connectivity index (χ4n) is 1.90. The Kier molecular flexibility index (Phi) is 4.10. The third-order valence-electron chi connectivity index (χ3n) is 3.23. The summed E-state index contributed by atoms with van der Waals surface area (Å²) in [6.45, 7) is 0.333. The smallest absolute Gasteiger partial charge is 0.394 e. The second kappa shape index (κ2) is 5.46. The number of benzene rings is 1. The molecule has 0 heterocycles. The molecule has 0 aliphatic heterocycles. The van der Waals surface area contributed by atoms with Crippen molar-refractivity contribution in [2.24, 2.45) is 5.92 Å². The highest BCUT2D eigenvalue weighted by atomic mass is 19.4. The molecule has 1 aromatic carbocycles. The molecule has 1 atom stereocenters. The van der Waals surface area contributed by atoms with Crippen LogP contribution < -0.4 is 5.32 Å². The molecular weight excluding hydrogens is 262 g/mol. The fraction of sp³-hybridized carbons (Fsp3) is 0.538. The Morgan fingerprint density at radius 1 is 1.32 bits per heavy atom. The summed E-state index contributed by atoms with van der Waals surface area (Å²) in [5.41, 5.74) is -1.05. The third kappa shape index (κ3) is 3.67. The Morgan fingerprint density at radius 2 is 2.00 bits per heavy atom. The average Bonchev–Trinajstić information content (AvgIpc) is 3.14. The van der Waals surface area contributed by atoms with Crippen molar-refractivity contribution in [3.63, 3.8) is 0 Å². The van der Waals surface area contributed by atoms with Gasteiger partial charge in [-0.15, -0.1) is 0 Å². The Labute approximate surface area is 108 Å². The number of hydrogen-bond donors (Lipinski definition) is 2. The number of aliphatic hydroxyl groups is 1. The predicted molar refractivity (Wildman–Crippen MR) is 62.0 cm³/mol. The van der Waals surface area contributed by atoms with Crippen LogP contribution in [-0.2, 0) is 6.18 Å². The van der Waals surface area contributed by atoms with Gasteiger partial charge in [-0.05, 0) is 43.0 Å². The zero-order valence-corrected chi connectivity index (χ0v) is 10.2. The lowest BCUT2D eigenvalue weighted by Crippen LogP contribution is -2.26. The minimum absolute atomic E-state index is 0.247. The number of rotatable bonds is 5. The molecule has 1 aliphatic rings. The van der Waals surface area contributed by atoms with Crippen molar-refractivity contribution in [2.45, 2.75) is 25.1 Å². The van der Waals surface area contributed by atoms with E-state index < -0.39 is 23.6 Å². The molecule has 2 N–H and O–H groups in total. The Hall–Kier alpha value is -1.14. The summed E-state index contributed by atoms with van der Waals surface area (Å²) in [4.78, 5) is 0. The molecule has 0 radical (unpaired) electrons. The summed E-state index contributed by atoms with van der Waals surface area (Å²) in [6, 6.07) is 2.23. The SMILES string of the molecule is OCC(NCC1CC1)c1ccc(F)c(C(F)(F)F)c1. The molecule has 0 amide bonds. The van der Waals surface area contributed by atoms with Crippen LogP contribution in [-0.4, -0.2) is 18.3 Å². The van der Waals surface area contributed by atoms with Crippen molar-refractivity contribution in [1.29, 1.82) is 0 Å². The molecule has 2 nitrogen and oxygen atoms in total. The molecule has 0 aromatic heterocycles. The minimum atomic E-state index is -4.73. The van der Waals surface area contributed by atoms with Crippen molar-refractivity contribution >= 4 is 0 Å². The van der Waals surface area contributed by atoms with Gasteiger partial charge in [0.1, 0.15) is 5.82 Å². The zero-order valence-electron chi connectivity index (χ0n) is 10.2. The summed E-state index contributed by atoms with van der Waals surface area (Å²) in [5, 5.41) is 12.2. The lowest BCUT2D eigenvalue weighted by Gasteiger charge is -2.18.